The lowest BCUT2D eigenvalue weighted by Crippen LogP contribution is -2.36. The maximum absolute atomic E-state index is 11.8. The van der Waals surface area contributed by atoms with Gasteiger partial charge in [0.2, 0.25) is 0 Å². The van der Waals surface area contributed by atoms with E-state index in [1.54, 1.807) is 13.1 Å². The number of ether oxygens (including phenoxy) is 1. The molecule has 0 saturated heterocycles. The summed E-state index contributed by atoms with van der Waals surface area (Å²) in [4.78, 5) is 16.0. The van der Waals surface area contributed by atoms with Gasteiger partial charge >= 0.3 is 0 Å². The van der Waals surface area contributed by atoms with E-state index in [2.05, 4.69) is 17.2 Å². The van der Waals surface area contributed by atoms with Gasteiger partial charge in [-0.1, -0.05) is 19.8 Å². The largest absolute Gasteiger partial charge is 0.479 e. The zero-order chi connectivity index (χ0) is 14.8. The van der Waals surface area contributed by atoms with Crippen LogP contribution in [0, 0.1) is 0 Å². The topological polar surface area (TPSA) is 77.2 Å². The molecule has 1 heterocycles. The van der Waals surface area contributed by atoms with Gasteiger partial charge < -0.3 is 15.8 Å². The van der Waals surface area contributed by atoms with Crippen LogP contribution in [0.2, 0.25) is 0 Å². The Labute approximate surface area is 120 Å². The van der Waals surface area contributed by atoms with Crippen LogP contribution in [0.25, 0.3) is 0 Å². The molecule has 0 aromatic carbocycles. The summed E-state index contributed by atoms with van der Waals surface area (Å²) in [7, 11) is 0. The van der Waals surface area contributed by atoms with Gasteiger partial charge in [-0.25, -0.2) is 0 Å². The zero-order valence-electron chi connectivity index (χ0n) is 12.4. The molecule has 0 saturated carbocycles. The summed E-state index contributed by atoms with van der Waals surface area (Å²) < 4.78 is 5.56. The Balaban J connectivity index is 2.36. The molecule has 0 aliphatic rings. The minimum absolute atomic E-state index is 0.0906. The minimum atomic E-state index is -0.515. The number of unbranched alkanes of at least 4 members (excludes halogenated alkanes) is 2. The molecule has 1 unspecified atom stereocenters. The van der Waals surface area contributed by atoms with Crippen LogP contribution in [0.3, 0.4) is 0 Å². The average Bonchev–Trinajstić information content (AvgIpc) is 2.45. The second-order valence-corrected chi connectivity index (χ2v) is 4.78. The third kappa shape index (κ3) is 6.02. The molecule has 5 nitrogen and oxygen atoms in total. The van der Waals surface area contributed by atoms with Gasteiger partial charge in [0.05, 0.1) is 6.20 Å². The van der Waals surface area contributed by atoms with Crippen molar-refractivity contribution in [1.82, 2.24) is 10.3 Å². The Morgan fingerprint density at radius 2 is 2.25 bits per heavy atom. The molecule has 1 aromatic heterocycles. The summed E-state index contributed by atoms with van der Waals surface area (Å²) in [5.41, 5.74) is 6.39. The molecule has 3 N–H and O–H groups in total. The number of nitrogens with two attached hydrogens (primary N) is 1. The predicted octanol–water partition coefficient (Wildman–Crippen LogP) is 1.66. The zero-order valence-corrected chi connectivity index (χ0v) is 12.4. The van der Waals surface area contributed by atoms with Crippen LogP contribution in [-0.2, 0) is 11.2 Å². The summed E-state index contributed by atoms with van der Waals surface area (Å²) in [6.45, 7) is 5.15. The Hall–Kier alpha value is -1.62. The number of nitrogens with one attached hydrogen (secondary N) is 1. The van der Waals surface area contributed by atoms with Gasteiger partial charge in [-0.2, -0.15) is 0 Å². The number of carbonyl (C=O) groups is 1. The van der Waals surface area contributed by atoms with Crippen molar-refractivity contribution in [2.75, 3.05) is 13.1 Å². The number of hydrogen-bond acceptors (Lipinski definition) is 4. The van der Waals surface area contributed by atoms with Gasteiger partial charge in [-0.15, -0.1) is 0 Å². The van der Waals surface area contributed by atoms with Crippen molar-refractivity contribution >= 4 is 5.91 Å². The summed E-state index contributed by atoms with van der Waals surface area (Å²) in [5.74, 6) is 0.508. The molecule has 5 heteroatoms. The number of nitrogens with zero attached hydrogens (tertiary/aromatic N) is 1. The molecule has 0 radical (unpaired) electrons. The second-order valence-electron chi connectivity index (χ2n) is 4.78. The van der Waals surface area contributed by atoms with E-state index < -0.39 is 6.10 Å². The molecule has 1 atom stereocenters. The molecular formula is C15H25N3O2. The van der Waals surface area contributed by atoms with Crippen LogP contribution >= 0.6 is 0 Å². The lowest BCUT2D eigenvalue weighted by Gasteiger charge is -2.14. The number of aromatic nitrogens is 1. The fourth-order valence-corrected chi connectivity index (χ4v) is 1.76. The molecule has 112 valence electrons. The normalized spacial score (nSPS) is 11.9. The Bertz CT molecular complexity index is 393. The van der Waals surface area contributed by atoms with E-state index >= 15 is 0 Å². The van der Waals surface area contributed by atoms with Crippen LogP contribution in [-0.4, -0.2) is 30.1 Å². The summed E-state index contributed by atoms with van der Waals surface area (Å²) in [6.07, 6.45) is 5.13. The Morgan fingerprint density at radius 3 is 2.85 bits per heavy atom. The summed E-state index contributed by atoms with van der Waals surface area (Å²) in [6, 6.07) is 3.69. The number of amides is 1. The smallest absolute Gasteiger partial charge is 0.260 e. The lowest BCUT2D eigenvalue weighted by molar-refractivity contribution is -0.127. The molecule has 1 rings (SSSR count). The van der Waals surface area contributed by atoms with E-state index in [-0.39, 0.29) is 5.91 Å². The van der Waals surface area contributed by atoms with Crippen molar-refractivity contribution in [1.29, 1.82) is 0 Å². The van der Waals surface area contributed by atoms with Crippen molar-refractivity contribution in [2.45, 2.75) is 45.6 Å². The summed E-state index contributed by atoms with van der Waals surface area (Å²) >= 11 is 0. The van der Waals surface area contributed by atoms with Crippen molar-refractivity contribution in [2.24, 2.45) is 5.73 Å². The van der Waals surface area contributed by atoms with Crippen molar-refractivity contribution < 1.29 is 9.53 Å². The highest BCUT2D eigenvalue weighted by Gasteiger charge is 2.13. The maximum Gasteiger partial charge on any atom is 0.260 e. The van der Waals surface area contributed by atoms with Gasteiger partial charge in [-0.05, 0) is 32.0 Å². The Morgan fingerprint density at radius 1 is 1.45 bits per heavy atom. The van der Waals surface area contributed by atoms with Crippen LogP contribution in [0.1, 0.15) is 38.8 Å². The highest BCUT2D eigenvalue weighted by molar-refractivity contribution is 5.80. The van der Waals surface area contributed by atoms with Gasteiger partial charge in [0.15, 0.2) is 6.10 Å². The molecule has 0 spiro atoms. The molecule has 0 fully saturated rings. The molecular weight excluding hydrogens is 254 g/mol. The van der Waals surface area contributed by atoms with Crippen molar-refractivity contribution in [3.05, 3.63) is 24.0 Å². The van der Waals surface area contributed by atoms with E-state index in [4.69, 9.17) is 10.5 Å². The fraction of sp³-hybridized carbons (Fsp3) is 0.600. The van der Waals surface area contributed by atoms with Crippen LogP contribution in [0.5, 0.6) is 5.75 Å². The van der Waals surface area contributed by atoms with E-state index in [1.807, 2.05) is 12.1 Å². The first-order valence-corrected chi connectivity index (χ1v) is 7.26. The summed E-state index contributed by atoms with van der Waals surface area (Å²) in [5, 5.41) is 2.87. The maximum atomic E-state index is 11.8. The first kappa shape index (κ1) is 16.4. The third-order valence-corrected chi connectivity index (χ3v) is 2.96. The van der Waals surface area contributed by atoms with E-state index in [1.165, 1.54) is 0 Å². The molecule has 0 aliphatic carbocycles. The van der Waals surface area contributed by atoms with Gasteiger partial charge in [0.1, 0.15) is 5.75 Å². The Kier molecular flexibility index (Phi) is 7.65. The second kappa shape index (κ2) is 9.31. The number of hydrogen-bond donors (Lipinski definition) is 2. The highest BCUT2D eigenvalue weighted by atomic mass is 16.5. The van der Waals surface area contributed by atoms with Crippen LogP contribution in [0.4, 0.5) is 0 Å². The van der Waals surface area contributed by atoms with Gasteiger partial charge in [0.25, 0.3) is 5.91 Å². The van der Waals surface area contributed by atoms with Gasteiger partial charge in [-0.3, -0.25) is 9.78 Å². The molecule has 0 bridgehead atoms. The average molecular weight is 279 g/mol. The predicted molar refractivity (Wildman–Crippen MR) is 79.6 cm³/mol. The monoisotopic (exact) mass is 279 g/mol. The van der Waals surface area contributed by atoms with Crippen molar-refractivity contribution in [3.63, 3.8) is 0 Å². The van der Waals surface area contributed by atoms with E-state index in [0.29, 0.717) is 18.8 Å². The SMILES string of the molecule is CCCCCNC(=O)C(C)Oc1ccc(CCN)nc1. The highest BCUT2D eigenvalue weighted by Crippen LogP contribution is 2.11. The molecule has 20 heavy (non-hydrogen) atoms. The quantitative estimate of drug-likeness (QED) is 0.674. The molecule has 0 aliphatic heterocycles. The van der Waals surface area contributed by atoms with E-state index in [0.717, 1.165) is 31.4 Å². The number of pyridine rings is 1. The van der Waals surface area contributed by atoms with Crippen LogP contribution < -0.4 is 15.8 Å². The number of carbonyl (C=O) groups excluding carboxylic acids is 1. The lowest BCUT2D eigenvalue weighted by atomic mass is 10.2. The fourth-order valence-electron chi connectivity index (χ4n) is 1.76. The standard InChI is InChI=1S/C15H25N3O2/c1-3-4-5-10-17-15(19)12(2)20-14-7-6-13(8-9-16)18-11-14/h6-7,11-12H,3-5,8-10,16H2,1-2H3,(H,17,19). The number of rotatable bonds is 9. The molecule has 1 aromatic rings. The third-order valence-electron chi connectivity index (χ3n) is 2.96. The van der Waals surface area contributed by atoms with Gasteiger partial charge in [0, 0.05) is 18.7 Å². The van der Waals surface area contributed by atoms with Crippen molar-refractivity contribution in [3.8, 4) is 5.75 Å². The minimum Gasteiger partial charge on any atom is -0.479 e. The first-order valence-electron chi connectivity index (χ1n) is 7.26. The van der Waals surface area contributed by atoms with E-state index in [9.17, 15) is 4.79 Å². The molecule has 1 amide bonds. The van der Waals surface area contributed by atoms with Crippen LogP contribution in [0.15, 0.2) is 18.3 Å². The first-order chi connectivity index (χ1) is 9.67.